The summed E-state index contributed by atoms with van der Waals surface area (Å²) in [6, 6.07) is 17.3. The van der Waals surface area contributed by atoms with Crippen molar-refractivity contribution in [3.8, 4) is 5.75 Å². The molecule has 1 aliphatic rings. The molecule has 8 nitrogen and oxygen atoms in total. The van der Waals surface area contributed by atoms with Gasteiger partial charge in [-0.05, 0) is 36.3 Å². The Balaban J connectivity index is 1.58. The van der Waals surface area contributed by atoms with Crippen LogP contribution in [0.4, 0.5) is 0 Å². The topological polar surface area (TPSA) is 87.1 Å². The lowest BCUT2D eigenvalue weighted by Gasteiger charge is -2.26. The Bertz CT molecular complexity index is 1360. The zero-order valence-electron chi connectivity index (χ0n) is 20.1. The first-order chi connectivity index (χ1) is 17.5. The largest absolute Gasteiger partial charge is 0.489 e. The van der Waals surface area contributed by atoms with E-state index in [9.17, 15) is 14.4 Å². The van der Waals surface area contributed by atoms with Gasteiger partial charge in [-0.25, -0.2) is 4.79 Å². The Morgan fingerprint density at radius 2 is 1.78 bits per heavy atom. The molecule has 4 rings (SSSR count). The van der Waals surface area contributed by atoms with Gasteiger partial charge >= 0.3 is 5.97 Å². The van der Waals surface area contributed by atoms with Crippen LogP contribution < -0.4 is 19.5 Å². The molecule has 0 N–H and O–H groups in total. The molecule has 0 saturated carbocycles. The Morgan fingerprint density at radius 3 is 2.47 bits per heavy atom. The second-order valence-electron chi connectivity index (χ2n) is 8.07. The van der Waals surface area contributed by atoms with Gasteiger partial charge in [-0.3, -0.25) is 14.2 Å². The highest BCUT2D eigenvalue weighted by Gasteiger charge is 2.19. The summed E-state index contributed by atoms with van der Waals surface area (Å²) in [5, 5.41) is 0. The summed E-state index contributed by atoms with van der Waals surface area (Å²) >= 11 is 1.15. The lowest BCUT2D eigenvalue weighted by atomic mass is 10.2. The number of carbonyl (C=O) groups is 2. The average molecular weight is 509 g/mol. The first-order valence-electron chi connectivity index (χ1n) is 11.8. The summed E-state index contributed by atoms with van der Waals surface area (Å²) in [5.74, 6) is -0.0343. The summed E-state index contributed by atoms with van der Waals surface area (Å²) in [6.07, 6.45) is 3.01. The number of ether oxygens (including phenoxy) is 3. The van der Waals surface area contributed by atoms with E-state index >= 15 is 0 Å². The van der Waals surface area contributed by atoms with Crippen molar-refractivity contribution < 1.29 is 23.8 Å². The first-order valence-corrected chi connectivity index (χ1v) is 12.6. The number of aromatic nitrogens is 1. The van der Waals surface area contributed by atoms with Crippen LogP contribution in [0.2, 0.25) is 0 Å². The first kappa shape index (κ1) is 25.4. The standard InChI is InChI=1S/C27H28N2O6S/c1-2-34-26(31)17-25-29(18-24(30)28-12-14-33-15-13-28)27(32)23(36-25)16-20-8-10-22(11-9-20)35-19-21-6-4-3-5-7-21/h3-11,16-17H,2,12-15,18-19H2,1H3/b23-16-,25-17-. The van der Waals surface area contributed by atoms with Gasteiger partial charge in [-0.15, -0.1) is 11.3 Å². The van der Waals surface area contributed by atoms with Crippen molar-refractivity contribution >= 4 is 35.4 Å². The third-order valence-electron chi connectivity index (χ3n) is 5.55. The number of nitrogens with zero attached hydrogens (tertiary/aromatic N) is 2. The molecule has 0 aliphatic carbocycles. The van der Waals surface area contributed by atoms with Gasteiger partial charge in [0.15, 0.2) is 0 Å². The van der Waals surface area contributed by atoms with Crippen LogP contribution in [0.5, 0.6) is 5.75 Å². The maximum Gasteiger partial charge on any atom is 0.333 e. The van der Waals surface area contributed by atoms with Gasteiger partial charge in [0.05, 0.1) is 30.4 Å². The van der Waals surface area contributed by atoms with E-state index in [0.717, 1.165) is 22.5 Å². The van der Waals surface area contributed by atoms with E-state index in [1.807, 2.05) is 54.6 Å². The number of hydrogen-bond acceptors (Lipinski definition) is 7. The minimum Gasteiger partial charge on any atom is -0.489 e. The molecule has 0 atom stereocenters. The van der Waals surface area contributed by atoms with Crippen LogP contribution in [0.1, 0.15) is 18.1 Å². The van der Waals surface area contributed by atoms with Crippen molar-refractivity contribution in [1.82, 2.24) is 9.47 Å². The number of rotatable bonds is 8. The van der Waals surface area contributed by atoms with E-state index in [4.69, 9.17) is 14.2 Å². The summed E-state index contributed by atoms with van der Waals surface area (Å²) < 4.78 is 18.3. The van der Waals surface area contributed by atoms with Crippen molar-refractivity contribution in [3.05, 3.63) is 85.3 Å². The van der Waals surface area contributed by atoms with E-state index in [2.05, 4.69) is 0 Å². The fourth-order valence-corrected chi connectivity index (χ4v) is 4.71. The van der Waals surface area contributed by atoms with Crippen LogP contribution in [-0.2, 0) is 32.2 Å². The Kier molecular flexibility index (Phi) is 8.70. The molecule has 2 aromatic carbocycles. The molecule has 0 spiro atoms. The predicted octanol–water partition coefficient (Wildman–Crippen LogP) is 1.52. The van der Waals surface area contributed by atoms with E-state index in [0.29, 0.717) is 47.9 Å². The molecular formula is C27H28N2O6S. The number of benzene rings is 2. The minimum atomic E-state index is -0.558. The quantitative estimate of drug-likeness (QED) is 0.429. The van der Waals surface area contributed by atoms with E-state index in [-0.39, 0.29) is 24.6 Å². The Labute approximate surface area is 212 Å². The zero-order valence-corrected chi connectivity index (χ0v) is 20.9. The third-order valence-corrected chi connectivity index (χ3v) is 6.61. The third kappa shape index (κ3) is 6.71. The van der Waals surface area contributed by atoms with Gasteiger partial charge in [-0.2, -0.15) is 0 Å². The second kappa shape index (κ2) is 12.3. The number of amides is 1. The van der Waals surface area contributed by atoms with Crippen molar-refractivity contribution in [2.75, 3.05) is 32.9 Å². The molecule has 0 radical (unpaired) electrons. The SMILES string of the molecule is CCOC(=O)/C=c1\s/c(=C\c2ccc(OCc3ccccc3)cc2)c(=O)n1CC(=O)N1CCOCC1. The number of morpholine rings is 1. The van der Waals surface area contributed by atoms with Crippen LogP contribution in [0, 0.1) is 0 Å². The second-order valence-corrected chi connectivity index (χ2v) is 9.14. The highest BCUT2D eigenvalue weighted by Crippen LogP contribution is 2.14. The normalized spacial score (nSPS) is 14.6. The molecule has 9 heteroatoms. The molecular weight excluding hydrogens is 480 g/mol. The summed E-state index contributed by atoms with van der Waals surface area (Å²) in [4.78, 5) is 39.8. The molecule has 1 amide bonds. The molecule has 1 aromatic heterocycles. The minimum absolute atomic E-state index is 0.152. The van der Waals surface area contributed by atoms with Crippen LogP contribution >= 0.6 is 11.3 Å². The average Bonchev–Trinajstić information content (AvgIpc) is 3.18. The smallest absolute Gasteiger partial charge is 0.333 e. The van der Waals surface area contributed by atoms with E-state index in [1.54, 1.807) is 17.9 Å². The molecule has 188 valence electrons. The van der Waals surface area contributed by atoms with Gasteiger partial charge in [0, 0.05) is 13.1 Å². The fraction of sp³-hybridized carbons (Fsp3) is 0.296. The summed E-state index contributed by atoms with van der Waals surface area (Å²) in [6.45, 7) is 4.13. The maximum atomic E-state index is 13.2. The highest BCUT2D eigenvalue weighted by atomic mass is 32.1. The van der Waals surface area contributed by atoms with Crippen molar-refractivity contribution in [1.29, 1.82) is 0 Å². The molecule has 1 saturated heterocycles. The van der Waals surface area contributed by atoms with Gasteiger partial charge < -0.3 is 19.1 Å². The fourth-order valence-electron chi connectivity index (χ4n) is 3.68. The molecule has 1 aliphatic heterocycles. The molecule has 2 heterocycles. The summed E-state index contributed by atoms with van der Waals surface area (Å²) in [7, 11) is 0. The lowest BCUT2D eigenvalue weighted by molar-refractivity contribution is -0.136. The van der Waals surface area contributed by atoms with Crippen LogP contribution in [0.15, 0.2) is 59.4 Å². The van der Waals surface area contributed by atoms with Crippen LogP contribution in [0.25, 0.3) is 12.2 Å². The Morgan fingerprint density at radius 1 is 1.06 bits per heavy atom. The Hall–Kier alpha value is -3.69. The number of esters is 1. The molecule has 3 aromatic rings. The predicted molar refractivity (Wildman–Crippen MR) is 137 cm³/mol. The van der Waals surface area contributed by atoms with Gasteiger partial charge in [0.1, 0.15) is 23.6 Å². The maximum absolute atomic E-state index is 13.2. The van der Waals surface area contributed by atoms with Gasteiger partial charge in [0.25, 0.3) is 5.56 Å². The van der Waals surface area contributed by atoms with Gasteiger partial charge in [-0.1, -0.05) is 42.5 Å². The number of hydrogen-bond donors (Lipinski definition) is 0. The van der Waals surface area contributed by atoms with E-state index < -0.39 is 5.97 Å². The zero-order chi connectivity index (χ0) is 25.3. The monoisotopic (exact) mass is 508 g/mol. The van der Waals surface area contributed by atoms with Crippen molar-refractivity contribution in [2.24, 2.45) is 0 Å². The van der Waals surface area contributed by atoms with Crippen molar-refractivity contribution in [2.45, 2.75) is 20.1 Å². The lowest BCUT2D eigenvalue weighted by Crippen LogP contribution is -2.45. The number of thiazole rings is 1. The van der Waals surface area contributed by atoms with Crippen LogP contribution in [0.3, 0.4) is 0 Å². The highest BCUT2D eigenvalue weighted by molar-refractivity contribution is 7.07. The number of carbonyl (C=O) groups excluding carboxylic acids is 2. The van der Waals surface area contributed by atoms with Gasteiger partial charge in [0.2, 0.25) is 5.91 Å². The molecule has 36 heavy (non-hydrogen) atoms. The van der Waals surface area contributed by atoms with Crippen LogP contribution in [-0.4, -0.2) is 54.3 Å². The van der Waals surface area contributed by atoms with Crippen molar-refractivity contribution in [3.63, 3.8) is 0 Å². The van der Waals surface area contributed by atoms with E-state index in [1.165, 1.54) is 10.6 Å². The molecule has 1 fully saturated rings. The summed E-state index contributed by atoms with van der Waals surface area (Å²) in [5.41, 5.74) is 1.54. The molecule has 0 unspecified atom stereocenters. The molecule has 0 bridgehead atoms.